The summed E-state index contributed by atoms with van der Waals surface area (Å²) >= 11 is 0. The highest BCUT2D eigenvalue weighted by molar-refractivity contribution is 7.91. The van der Waals surface area contributed by atoms with Crippen molar-refractivity contribution in [2.45, 2.75) is 6.04 Å². The molecule has 1 unspecified atom stereocenters. The highest BCUT2D eigenvalue weighted by atomic mass is 32.2. The average molecular weight is 363 g/mol. The van der Waals surface area contributed by atoms with Gasteiger partial charge in [0.05, 0.1) is 29.5 Å². The van der Waals surface area contributed by atoms with Crippen molar-refractivity contribution < 1.29 is 17.6 Å². The molecule has 25 heavy (non-hydrogen) atoms. The Hall–Kier alpha value is -2.93. The number of anilines is 2. The summed E-state index contributed by atoms with van der Waals surface area (Å²) in [4.78, 5) is 11.7. The third kappa shape index (κ3) is 3.46. The van der Waals surface area contributed by atoms with Crippen LogP contribution < -0.4 is 11.1 Å². The number of nitrogens with two attached hydrogens (primary N) is 1. The van der Waals surface area contributed by atoms with Gasteiger partial charge in [-0.2, -0.15) is 10.4 Å². The average Bonchev–Trinajstić information content (AvgIpc) is 3.10. The second-order valence-electron chi connectivity index (χ2n) is 5.75. The van der Waals surface area contributed by atoms with Crippen LogP contribution in [0.25, 0.3) is 0 Å². The van der Waals surface area contributed by atoms with Crippen molar-refractivity contribution in [2.24, 2.45) is 11.7 Å². The maximum Gasteiger partial charge on any atom is 0.254 e. The van der Waals surface area contributed by atoms with Gasteiger partial charge in [-0.05, 0) is 24.3 Å². The molecule has 1 aliphatic heterocycles. The number of halogens is 1. The molecule has 1 amide bonds. The molecule has 1 saturated heterocycles. The second-order valence-corrected chi connectivity index (χ2v) is 7.90. The zero-order valence-electron chi connectivity index (χ0n) is 12.9. The first-order valence-corrected chi connectivity index (χ1v) is 9.13. The summed E-state index contributed by atoms with van der Waals surface area (Å²) < 4.78 is 37.9. The summed E-state index contributed by atoms with van der Waals surface area (Å²) in [6.45, 7) is 0. The molecule has 2 atom stereocenters. The van der Waals surface area contributed by atoms with Crippen LogP contribution in [0.2, 0.25) is 0 Å². The number of nitrogens with zero attached hydrogens (tertiary/aromatic N) is 3. The van der Waals surface area contributed by atoms with Gasteiger partial charge in [0.15, 0.2) is 15.7 Å². The number of hydrogen-bond donors (Lipinski definition) is 2. The Labute approximate surface area is 143 Å². The number of aromatic nitrogens is 2. The number of nitriles is 1. The molecular weight excluding hydrogens is 349 g/mol. The van der Waals surface area contributed by atoms with Gasteiger partial charge in [0.25, 0.3) is 5.91 Å². The van der Waals surface area contributed by atoms with Gasteiger partial charge in [0.2, 0.25) is 0 Å². The molecule has 2 aromatic rings. The Morgan fingerprint density at radius 3 is 2.64 bits per heavy atom. The summed E-state index contributed by atoms with van der Waals surface area (Å²) in [5, 5.41) is 16.2. The number of nitrogens with one attached hydrogen (secondary N) is 1. The number of primary amides is 1. The molecule has 3 N–H and O–H groups in total. The molecule has 130 valence electrons. The molecule has 2 heterocycles. The molecule has 0 spiro atoms. The lowest BCUT2D eigenvalue weighted by Crippen LogP contribution is -2.17. The van der Waals surface area contributed by atoms with E-state index in [1.807, 2.05) is 6.07 Å². The standard InChI is InChI=1S/C15H14FN5O3S/c16-10-1-3-11(4-2-10)19-15-12(14(18)22)6-21(20-15)13-8-25(23,24)7-9(13)5-17/h1-4,6,9,13H,7-8H2,(H2,18,22)(H,19,20)/t9?,13-/m1/s1. The summed E-state index contributed by atoms with van der Waals surface area (Å²) in [5.74, 6) is -2.31. The third-order valence-corrected chi connectivity index (χ3v) is 5.65. The van der Waals surface area contributed by atoms with E-state index in [1.165, 1.54) is 35.1 Å². The zero-order chi connectivity index (χ0) is 18.2. The number of benzene rings is 1. The van der Waals surface area contributed by atoms with E-state index in [-0.39, 0.29) is 22.9 Å². The van der Waals surface area contributed by atoms with Gasteiger partial charge in [0.1, 0.15) is 11.4 Å². The first-order chi connectivity index (χ1) is 11.8. The van der Waals surface area contributed by atoms with E-state index in [2.05, 4.69) is 10.4 Å². The number of sulfone groups is 1. The zero-order valence-corrected chi connectivity index (χ0v) is 13.7. The van der Waals surface area contributed by atoms with Gasteiger partial charge in [-0.15, -0.1) is 0 Å². The van der Waals surface area contributed by atoms with Gasteiger partial charge in [-0.3, -0.25) is 9.48 Å². The maximum absolute atomic E-state index is 13.0. The van der Waals surface area contributed by atoms with Crippen molar-refractivity contribution >= 4 is 27.2 Å². The number of rotatable bonds is 4. The molecule has 1 aromatic carbocycles. The van der Waals surface area contributed by atoms with Gasteiger partial charge in [-0.25, -0.2) is 12.8 Å². The lowest BCUT2D eigenvalue weighted by molar-refractivity contribution is 0.100. The predicted octanol–water partition coefficient (Wildman–Crippen LogP) is 0.974. The second kappa shape index (κ2) is 6.18. The van der Waals surface area contributed by atoms with E-state index < -0.39 is 33.5 Å². The summed E-state index contributed by atoms with van der Waals surface area (Å²) in [7, 11) is -3.35. The third-order valence-electron chi connectivity index (χ3n) is 3.93. The van der Waals surface area contributed by atoms with E-state index in [0.717, 1.165) is 0 Å². The quantitative estimate of drug-likeness (QED) is 0.832. The molecule has 0 bridgehead atoms. The molecular formula is C15H14FN5O3S. The van der Waals surface area contributed by atoms with Crippen LogP contribution >= 0.6 is 0 Å². The molecule has 1 aromatic heterocycles. The highest BCUT2D eigenvalue weighted by Crippen LogP contribution is 2.31. The van der Waals surface area contributed by atoms with Crippen LogP contribution in [0.1, 0.15) is 16.4 Å². The molecule has 0 aliphatic carbocycles. The fraction of sp³-hybridized carbons (Fsp3) is 0.267. The molecule has 1 fully saturated rings. The van der Waals surface area contributed by atoms with E-state index in [0.29, 0.717) is 5.69 Å². The molecule has 1 aliphatic rings. The van der Waals surface area contributed by atoms with Crippen LogP contribution in [0.4, 0.5) is 15.9 Å². The lowest BCUT2D eigenvalue weighted by atomic mass is 10.1. The summed E-state index contributed by atoms with van der Waals surface area (Å²) in [6, 6.07) is 6.65. The first kappa shape index (κ1) is 16.9. The fourth-order valence-electron chi connectivity index (χ4n) is 2.72. The Balaban J connectivity index is 1.96. The van der Waals surface area contributed by atoms with Crippen LogP contribution in [0, 0.1) is 23.1 Å². The Bertz CT molecular complexity index is 962. The normalized spacial score (nSPS) is 21.6. The smallest absolute Gasteiger partial charge is 0.254 e. The van der Waals surface area contributed by atoms with Crippen molar-refractivity contribution in [1.29, 1.82) is 5.26 Å². The van der Waals surface area contributed by atoms with Crippen LogP contribution in [-0.4, -0.2) is 35.6 Å². The highest BCUT2D eigenvalue weighted by Gasteiger charge is 2.40. The van der Waals surface area contributed by atoms with Gasteiger partial charge in [-0.1, -0.05) is 0 Å². The van der Waals surface area contributed by atoms with Crippen LogP contribution in [0.5, 0.6) is 0 Å². The monoisotopic (exact) mass is 363 g/mol. The van der Waals surface area contributed by atoms with Crippen molar-refractivity contribution in [3.05, 3.63) is 41.8 Å². The van der Waals surface area contributed by atoms with Crippen molar-refractivity contribution in [2.75, 3.05) is 16.8 Å². The lowest BCUT2D eigenvalue weighted by Gasteiger charge is -2.11. The van der Waals surface area contributed by atoms with E-state index in [1.54, 1.807) is 0 Å². The minimum absolute atomic E-state index is 0.0466. The van der Waals surface area contributed by atoms with Gasteiger partial charge < -0.3 is 11.1 Å². The molecule has 3 rings (SSSR count). The van der Waals surface area contributed by atoms with E-state index >= 15 is 0 Å². The molecule has 0 radical (unpaired) electrons. The van der Waals surface area contributed by atoms with Crippen LogP contribution in [0.3, 0.4) is 0 Å². The van der Waals surface area contributed by atoms with Gasteiger partial charge in [0, 0.05) is 11.9 Å². The van der Waals surface area contributed by atoms with Crippen LogP contribution in [0.15, 0.2) is 30.5 Å². The van der Waals surface area contributed by atoms with Crippen LogP contribution in [-0.2, 0) is 9.84 Å². The Kier molecular flexibility index (Phi) is 4.18. The SMILES string of the molecule is N#CC1CS(=O)(=O)C[C@H]1n1cc(C(N)=O)c(Nc2ccc(F)cc2)n1. The number of amides is 1. The minimum atomic E-state index is -3.35. The van der Waals surface area contributed by atoms with Gasteiger partial charge >= 0.3 is 0 Å². The van der Waals surface area contributed by atoms with E-state index in [9.17, 15) is 22.9 Å². The molecule has 10 heteroatoms. The Morgan fingerprint density at radius 2 is 2.04 bits per heavy atom. The number of carbonyl (C=O) groups is 1. The number of carbonyl (C=O) groups excluding carboxylic acids is 1. The van der Waals surface area contributed by atoms with Crippen molar-refractivity contribution in [3.8, 4) is 6.07 Å². The maximum atomic E-state index is 13.0. The largest absolute Gasteiger partial charge is 0.365 e. The van der Waals surface area contributed by atoms with E-state index in [4.69, 9.17) is 5.73 Å². The van der Waals surface area contributed by atoms with Crippen molar-refractivity contribution in [3.63, 3.8) is 0 Å². The number of hydrogen-bond acceptors (Lipinski definition) is 6. The first-order valence-electron chi connectivity index (χ1n) is 7.30. The molecule has 8 nitrogen and oxygen atoms in total. The van der Waals surface area contributed by atoms with Crippen molar-refractivity contribution in [1.82, 2.24) is 9.78 Å². The Morgan fingerprint density at radius 1 is 1.36 bits per heavy atom. The fourth-order valence-corrected chi connectivity index (χ4v) is 4.60. The predicted molar refractivity (Wildman–Crippen MR) is 87.2 cm³/mol. The molecule has 0 saturated carbocycles. The topological polar surface area (TPSA) is 131 Å². The summed E-state index contributed by atoms with van der Waals surface area (Å²) in [6.07, 6.45) is 1.32. The summed E-state index contributed by atoms with van der Waals surface area (Å²) in [5.41, 5.74) is 5.87. The minimum Gasteiger partial charge on any atom is -0.365 e.